The summed E-state index contributed by atoms with van der Waals surface area (Å²) in [7, 11) is 0. The van der Waals surface area contributed by atoms with E-state index in [1.807, 2.05) is 32.6 Å². The number of nitrogens with one attached hydrogen (secondary N) is 4. The molecule has 0 unspecified atom stereocenters. The van der Waals surface area contributed by atoms with E-state index < -0.39 is 112 Å². The van der Waals surface area contributed by atoms with Crippen molar-refractivity contribution in [2.75, 3.05) is 72.4 Å². The van der Waals surface area contributed by atoms with Crippen LogP contribution in [0.2, 0.25) is 0 Å². The number of nitrogens with two attached hydrogens (primary N) is 4. The van der Waals surface area contributed by atoms with Crippen molar-refractivity contribution in [1.82, 2.24) is 49.0 Å². The molecule has 2 aliphatic carbocycles. The molecule has 0 bridgehead atoms. The lowest BCUT2D eigenvalue weighted by Crippen LogP contribution is -2.42. The molecule has 3 saturated heterocycles. The number of unbranched alkanes of at least 4 members (excludes halogenated alkanes) is 2. The molecule has 6 aromatic heterocycles. The minimum atomic E-state index is -1.20. The zero-order chi connectivity index (χ0) is 73.4. The van der Waals surface area contributed by atoms with Gasteiger partial charge in [-0.2, -0.15) is 19.9 Å². The van der Waals surface area contributed by atoms with Crippen molar-refractivity contribution < 1.29 is 78.1 Å². The van der Waals surface area contributed by atoms with Crippen molar-refractivity contribution >= 4 is 114 Å². The second-order valence-electron chi connectivity index (χ2n) is 24.7. The van der Waals surface area contributed by atoms with E-state index in [0.29, 0.717) is 80.2 Å². The van der Waals surface area contributed by atoms with Crippen LogP contribution in [-0.2, 0) is 47.5 Å². The summed E-state index contributed by atoms with van der Waals surface area (Å²) in [6.45, 7) is 18.1. The Bertz CT molecular complexity index is 4440. The molecule has 5 fully saturated rings. The number of fused-ring (bicyclic) bond motifs is 5. The zero-order valence-electron chi connectivity index (χ0n) is 55.4. The minimum Gasteiger partial charge on any atom is -0.463 e. The number of nitrogen functional groups attached to an aromatic ring is 4. The molecule has 42 heteroatoms. The van der Waals surface area contributed by atoms with Gasteiger partial charge in [0.05, 0.1) is 41.0 Å². The first-order chi connectivity index (χ1) is 47.9. The third-order valence-corrected chi connectivity index (χ3v) is 21.2. The third kappa shape index (κ3) is 15.7. The van der Waals surface area contributed by atoms with Crippen LogP contribution in [0.5, 0.6) is 0 Å². The first-order valence-corrected chi connectivity index (χ1v) is 35.2. The number of H-pyrrole nitrogens is 4. The second kappa shape index (κ2) is 31.5. The summed E-state index contributed by atoms with van der Waals surface area (Å²) < 4.78 is 48.1. The highest BCUT2D eigenvalue weighted by Crippen LogP contribution is 2.51. The summed E-state index contributed by atoms with van der Waals surface area (Å²) >= 11 is 3.77. The van der Waals surface area contributed by atoms with E-state index in [4.69, 9.17) is 60.8 Å². The normalized spacial score (nSPS) is 28.3. The van der Waals surface area contributed by atoms with Crippen molar-refractivity contribution in [2.24, 2.45) is 11.8 Å². The molecule has 0 aromatic carbocycles. The molecule has 16 atom stereocenters. The van der Waals surface area contributed by atoms with E-state index in [2.05, 4.69) is 53.0 Å². The Morgan fingerprint density at radius 2 is 1.06 bits per heavy atom. The van der Waals surface area contributed by atoms with Gasteiger partial charge in [0.1, 0.15) is 68.5 Å². The molecule has 6 aromatic rings. The maximum absolute atomic E-state index is 12.8. The highest BCUT2D eigenvalue weighted by atomic mass is 32.2. The number of aromatic nitrogens is 10. The van der Waals surface area contributed by atoms with Gasteiger partial charge >= 0.3 is 21.7 Å². The number of hydrogen-bond acceptors (Lipinski definition) is 36. The van der Waals surface area contributed by atoms with Gasteiger partial charge in [0.15, 0.2) is 47.3 Å². The van der Waals surface area contributed by atoms with Gasteiger partial charge in [0.2, 0.25) is 23.8 Å². The summed E-state index contributed by atoms with van der Waals surface area (Å²) in [5.74, 6) is -1.77. The lowest BCUT2D eigenvalue weighted by molar-refractivity contribution is -0.159. The van der Waals surface area contributed by atoms with Crippen molar-refractivity contribution in [3.63, 3.8) is 0 Å². The van der Waals surface area contributed by atoms with Crippen LogP contribution in [0.3, 0.4) is 0 Å². The number of ether oxygens (including phenoxy) is 8. The third-order valence-electron chi connectivity index (χ3n) is 17.3. The van der Waals surface area contributed by atoms with E-state index in [9.17, 15) is 69.0 Å². The summed E-state index contributed by atoms with van der Waals surface area (Å²) in [4.78, 5) is 126. The zero-order valence-corrected chi connectivity index (χ0v) is 58.6. The molecule has 13 rings (SSSR count). The molecule has 38 nitrogen and oxygen atoms in total. The van der Waals surface area contributed by atoms with E-state index >= 15 is 0 Å². The number of aliphatic hydroxyl groups is 6. The Morgan fingerprint density at radius 1 is 0.594 bits per heavy atom. The lowest BCUT2D eigenvalue weighted by Gasteiger charge is -2.31. The molecule has 101 heavy (non-hydrogen) atoms. The summed E-state index contributed by atoms with van der Waals surface area (Å²) in [5.41, 5.74) is 20.8. The molecular formula is C59H80N16O22S4. The van der Waals surface area contributed by atoms with Crippen LogP contribution in [0.1, 0.15) is 92.5 Å². The minimum absolute atomic E-state index is 0.00107. The SMILES string of the molecule is C=C1Sc2c(nc(N)[nH]c2=O)N1[C@@H]1C[C@H](CO)[C@@H](O)[C@H]1O.C=C1Sc2c(nc(N)[nH]c2=O)N1[C@@H]1C[C@H](CO)[C@H]2OC(C)(C)O[C@H]21.CCCCO[C@@H]1[C@@H](O)[C@H](n2c(=O)sc3c(=O)[nH]c(N)nc32)O[C@@H]1CO.CCCCO[C@@H]1[C@@H](OC(C)=O)[C@H](n2c(=O)sc3c(=O)[nH]c(N)nc32)O[C@@H]1COC(C)=O. The number of carbonyl (C=O) groups is 2. The van der Waals surface area contributed by atoms with Gasteiger partial charge in [-0.05, 0) is 39.5 Å². The van der Waals surface area contributed by atoms with E-state index in [-0.39, 0.29) is 106 Å². The molecule has 18 N–H and O–H groups in total. The number of thiazole rings is 2. The van der Waals surface area contributed by atoms with Gasteiger partial charge in [-0.3, -0.25) is 67.4 Å². The number of anilines is 6. The van der Waals surface area contributed by atoms with E-state index in [0.717, 1.165) is 46.6 Å². The van der Waals surface area contributed by atoms with E-state index in [1.54, 1.807) is 4.90 Å². The monoisotopic (exact) mass is 1490 g/mol. The van der Waals surface area contributed by atoms with Gasteiger partial charge in [-0.25, -0.2) is 0 Å². The van der Waals surface area contributed by atoms with Crippen molar-refractivity contribution in [3.05, 3.63) is 84.0 Å². The standard InChI is InChI=1S/C18H24N4O8S.C15H20N4O4S.C14H20N4O6S.C12H16N4O4S/c1-4-5-6-27-11-10(7-28-8(2)23)30-16(12(11)29-9(3)24)22-14-13(31-18(22)26)15(25)21-17(19)20-14;1-6-19(12-11(24-6)13(21)18-14(16)17-12)8-4-7(5-20)9-10(8)23-15(2,3)22-9;1-2-3-4-23-8-6(5-19)24-12(7(8)20)18-10-9(25-14(18)22)11(21)17-13(15)16-10;1-4-16(6-2-5(3-17)7(18)8(6)19)10-9(21-4)11(20)15-12(13)14-10/h10-12,16H,4-7H2,1-3H3,(H3,19,20,21,25);7-10,20H,1,4-5H2,2-3H3,(H3,16,17,18,21);6-8,12,19-20H,2-5H2,1H3,(H3,15,16,17,21);5-8,17-19H,1-3H2,(H3,13,14,15,20)/t10-,11+,12-,16-;7-,8-,9-,10+;6-,7-,8+,12-;5-,6-,7-,8+/m1111/s1. The second-order valence-corrected chi connectivity index (χ2v) is 28.8. The molecule has 0 spiro atoms. The number of esters is 2. The first kappa shape index (κ1) is 76.0. The molecule has 7 aliphatic rings. The van der Waals surface area contributed by atoms with Gasteiger partial charge in [-0.15, -0.1) is 0 Å². The maximum Gasteiger partial charge on any atom is 0.311 e. The highest BCUT2D eigenvalue weighted by Gasteiger charge is 2.58. The van der Waals surface area contributed by atoms with E-state index in [1.165, 1.54) is 25.6 Å². The smallest absolute Gasteiger partial charge is 0.311 e. The Hall–Kier alpha value is -7.66. The van der Waals surface area contributed by atoms with Crippen LogP contribution in [0.15, 0.2) is 61.8 Å². The topological polar surface area (TPSA) is 567 Å². The van der Waals surface area contributed by atoms with Crippen LogP contribution in [0.25, 0.3) is 20.7 Å². The fourth-order valence-electron chi connectivity index (χ4n) is 12.8. The average Bonchev–Trinajstić information content (AvgIpc) is 1.60. The van der Waals surface area contributed by atoms with Crippen molar-refractivity contribution in [3.8, 4) is 0 Å². The Kier molecular flexibility index (Phi) is 23.7. The predicted octanol–water partition coefficient (Wildman–Crippen LogP) is -1.06. The summed E-state index contributed by atoms with van der Waals surface area (Å²) in [6.07, 6.45) is -5.94. The molecule has 5 aliphatic heterocycles. The van der Waals surface area contributed by atoms with Crippen LogP contribution in [0.4, 0.5) is 35.4 Å². The number of nitrogens with zero attached hydrogens (tertiary/aromatic N) is 8. The van der Waals surface area contributed by atoms with Crippen LogP contribution >= 0.6 is 46.2 Å². The number of carbonyl (C=O) groups excluding carboxylic acids is 2. The van der Waals surface area contributed by atoms with Crippen molar-refractivity contribution in [1.29, 1.82) is 0 Å². The van der Waals surface area contributed by atoms with Gasteiger partial charge in [0.25, 0.3) is 22.2 Å². The van der Waals surface area contributed by atoms with Gasteiger partial charge in [-0.1, -0.05) is 86.0 Å². The average molecular weight is 1490 g/mol. The number of aromatic amines is 4. The largest absolute Gasteiger partial charge is 0.463 e. The predicted molar refractivity (Wildman–Crippen MR) is 368 cm³/mol. The number of thioether (sulfide) groups is 2. The quantitative estimate of drug-likeness (QED) is 0.0360. The highest BCUT2D eigenvalue weighted by molar-refractivity contribution is 8.04. The number of rotatable bonds is 18. The Balaban J connectivity index is 0.000000146. The fraction of sp³-hybridized carbons (Fsp3) is 0.593. The Morgan fingerprint density at radius 3 is 1.54 bits per heavy atom. The molecular weight excluding hydrogens is 1410 g/mol. The summed E-state index contributed by atoms with van der Waals surface area (Å²) in [6, 6.07) is -0.629. The van der Waals surface area contributed by atoms with Crippen LogP contribution < -0.4 is 64.7 Å². The summed E-state index contributed by atoms with van der Waals surface area (Å²) in [5, 5.41) is 60.4. The fourth-order valence-corrected chi connectivity index (χ4v) is 16.4. The molecule has 0 radical (unpaired) electrons. The van der Waals surface area contributed by atoms with Gasteiger partial charge in [0, 0.05) is 52.1 Å². The lowest BCUT2D eigenvalue weighted by atomic mass is 10.1. The Labute approximate surface area is 588 Å². The molecule has 2 saturated carbocycles. The maximum atomic E-state index is 12.8. The molecule has 0 amide bonds. The molecule has 11 heterocycles. The number of hydrogen-bond donors (Lipinski definition) is 14. The van der Waals surface area contributed by atoms with Crippen molar-refractivity contribution in [2.45, 2.75) is 181 Å². The first-order valence-electron chi connectivity index (χ1n) is 31.9. The number of aliphatic hydroxyl groups excluding tert-OH is 6. The van der Waals surface area contributed by atoms with Gasteiger partial charge < -0.3 is 101 Å². The van der Waals surface area contributed by atoms with Crippen LogP contribution in [-0.4, -0.2) is 210 Å². The molecule has 552 valence electrons. The van der Waals surface area contributed by atoms with Crippen LogP contribution in [0, 0.1) is 11.8 Å².